The molecular formula is C10H15N5O2. The minimum Gasteiger partial charge on any atom is -0.379 e. The van der Waals surface area contributed by atoms with Gasteiger partial charge in [-0.1, -0.05) is 6.92 Å². The molecule has 7 heteroatoms. The Morgan fingerprint density at radius 2 is 2.41 bits per heavy atom. The highest BCUT2D eigenvalue weighted by Crippen LogP contribution is 2.15. The van der Waals surface area contributed by atoms with Crippen molar-refractivity contribution in [2.75, 3.05) is 25.1 Å². The fourth-order valence-corrected chi connectivity index (χ4v) is 1.78. The zero-order valence-corrected chi connectivity index (χ0v) is 9.59. The summed E-state index contributed by atoms with van der Waals surface area (Å²) >= 11 is 0. The number of nitrogens with zero attached hydrogens (tertiary/aromatic N) is 3. The second-order valence-corrected chi connectivity index (χ2v) is 3.76. The predicted octanol–water partition coefficient (Wildman–Crippen LogP) is -0.565. The molecule has 1 aliphatic rings. The Bertz CT molecular complexity index is 372. The summed E-state index contributed by atoms with van der Waals surface area (Å²) in [6.07, 6.45) is 2.94. The Balaban J connectivity index is 1.95. The zero-order valence-electron chi connectivity index (χ0n) is 9.59. The first kappa shape index (κ1) is 11.9. The van der Waals surface area contributed by atoms with Crippen LogP contribution in [-0.4, -0.2) is 46.9 Å². The van der Waals surface area contributed by atoms with Crippen molar-refractivity contribution < 1.29 is 9.53 Å². The lowest BCUT2D eigenvalue weighted by Crippen LogP contribution is -2.41. The molecule has 1 amide bonds. The quantitative estimate of drug-likeness (QED) is 0.729. The van der Waals surface area contributed by atoms with Gasteiger partial charge in [0.2, 0.25) is 11.9 Å². The number of amides is 1. The van der Waals surface area contributed by atoms with Crippen LogP contribution in [0.2, 0.25) is 0 Å². The number of rotatable bonds is 4. The van der Waals surface area contributed by atoms with Crippen LogP contribution in [-0.2, 0) is 9.53 Å². The molecule has 7 nitrogen and oxygen atoms in total. The predicted molar refractivity (Wildman–Crippen MR) is 60.2 cm³/mol. The number of ether oxygens (including phenoxy) is 1. The Kier molecular flexibility index (Phi) is 3.94. The van der Waals surface area contributed by atoms with E-state index in [0.29, 0.717) is 13.2 Å². The third-order valence-corrected chi connectivity index (χ3v) is 2.60. The number of hydrogen-bond donors (Lipinski definition) is 2. The third kappa shape index (κ3) is 2.95. The second-order valence-electron chi connectivity index (χ2n) is 3.76. The van der Waals surface area contributed by atoms with Gasteiger partial charge in [-0.2, -0.15) is 5.10 Å². The Morgan fingerprint density at radius 1 is 1.53 bits per heavy atom. The van der Waals surface area contributed by atoms with Gasteiger partial charge in [0.25, 0.3) is 0 Å². The minimum atomic E-state index is -0.209. The number of anilines is 1. The second kappa shape index (κ2) is 5.65. The van der Waals surface area contributed by atoms with E-state index < -0.39 is 0 Å². The van der Waals surface area contributed by atoms with Crippen molar-refractivity contribution in [1.82, 2.24) is 20.5 Å². The van der Waals surface area contributed by atoms with Crippen LogP contribution >= 0.6 is 0 Å². The molecule has 2 heterocycles. The molecule has 2 unspecified atom stereocenters. The summed E-state index contributed by atoms with van der Waals surface area (Å²) in [5.74, 6) is -0.125. The summed E-state index contributed by atoms with van der Waals surface area (Å²) in [5, 5.41) is 13.2. The Morgan fingerprint density at radius 3 is 3.12 bits per heavy atom. The molecule has 1 fully saturated rings. The number of aromatic nitrogens is 3. The molecule has 0 aromatic carbocycles. The van der Waals surface area contributed by atoms with Crippen LogP contribution in [0.1, 0.15) is 6.92 Å². The molecule has 0 aliphatic carbocycles. The summed E-state index contributed by atoms with van der Waals surface area (Å²) < 4.78 is 5.30. The monoisotopic (exact) mass is 237 g/mol. The Hall–Kier alpha value is -1.60. The molecule has 0 spiro atoms. The first-order chi connectivity index (χ1) is 8.31. The van der Waals surface area contributed by atoms with Crippen molar-refractivity contribution in [1.29, 1.82) is 0 Å². The molecule has 1 aromatic rings. The van der Waals surface area contributed by atoms with E-state index in [1.165, 1.54) is 12.4 Å². The van der Waals surface area contributed by atoms with Gasteiger partial charge in [0.1, 0.15) is 0 Å². The molecule has 1 aromatic heterocycles. The van der Waals surface area contributed by atoms with E-state index >= 15 is 0 Å². The van der Waals surface area contributed by atoms with E-state index in [4.69, 9.17) is 4.74 Å². The van der Waals surface area contributed by atoms with Crippen molar-refractivity contribution in [2.24, 2.45) is 5.92 Å². The van der Waals surface area contributed by atoms with Crippen molar-refractivity contribution in [3.63, 3.8) is 0 Å². The van der Waals surface area contributed by atoms with E-state index in [0.717, 1.165) is 6.54 Å². The molecule has 2 N–H and O–H groups in total. The fourth-order valence-electron chi connectivity index (χ4n) is 1.78. The van der Waals surface area contributed by atoms with Gasteiger partial charge in [-0.15, -0.1) is 5.10 Å². The lowest BCUT2D eigenvalue weighted by molar-refractivity contribution is -0.120. The molecular weight excluding hydrogens is 222 g/mol. The molecule has 92 valence electrons. The van der Waals surface area contributed by atoms with Crippen molar-refractivity contribution >= 4 is 11.9 Å². The van der Waals surface area contributed by atoms with Crippen molar-refractivity contribution in [3.8, 4) is 0 Å². The summed E-state index contributed by atoms with van der Waals surface area (Å²) in [4.78, 5) is 15.9. The third-order valence-electron chi connectivity index (χ3n) is 2.60. The molecule has 0 saturated carbocycles. The minimum absolute atomic E-state index is 0.0525. The lowest BCUT2D eigenvalue weighted by atomic mass is 10.0. The van der Waals surface area contributed by atoms with Gasteiger partial charge in [0.05, 0.1) is 31.5 Å². The van der Waals surface area contributed by atoms with Gasteiger partial charge in [-0.25, -0.2) is 4.98 Å². The molecule has 0 radical (unpaired) electrons. The van der Waals surface area contributed by atoms with Crippen LogP contribution in [0.25, 0.3) is 0 Å². The number of hydrogen-bond acceptors (Lipinski definition) is 6. The molecule has 0 bridgehead atoms. The maximum absolute atomic E-state index is 12.0. The van der Waals surface area contributed by atoms with Gasteiger partial charge in [-0.3, -0.25) is 10.1 Å². The summed E-state index contributed by atoms with van der Waals surface area (Å²) in [5.41, 5.74) is 0. The highest BCUT2D eigenvalue weighted by atomic mass is 16.5. The van der Waals surface area contributed by atoms with Crippen LogP contribution in [0.15, 0.2) is 12.4 Å². The first-order valence-corrected chi connectivity index (χ1v) is 5.57. The van der Waals surface area contributed by atoms with Gasteiger partial charge < -0.3 is 10.1 Å². The SMILES string of the molecule is CCNC1COCC1C(=O)Nc1nccnn1. The molecule has 2 rings (SSSR count). The normalized spacial score (nSPS) is 23.6. The van der Waals surface area contributed by atoms with Gasteiger partial charge in [0, 0.05) is 6.04 Å². The summed E-state index contributed by atoms with van der Waals surface area (Å²) in [6, 6.07) is 0.0525. The highest BCUT2D eigenvalue weighted by Gasteiger charge is 2.33. The van der Waals surface area contributed by atoms with Crippen molar-refractivity contribution in [2.45, 2.75) is 13.0 Å². The topological polar surface area (TPSA) is 89.0 Å². The van der Waals surface area contributed by atoms with E-state index in [1.54, 1.807) is 0 Å². The zero-order chi connectivity index (χ0) is 12.1. The fraction of sp³-hybridized carbons (Fsp3) is 0.600. The Labute approximate surface area is 99.0 Å². The standard InChI is InChI=1S/C10H15N5O2/c1-2-11-8-6-17-5-7(8)9(16)14-10-12-3-4-13-15-10/h3-4,7-8,11H,2,5-6H2,1H3,(H,12,14,15,16). The number of carbonyl (C=O) groups is 1. The highest BCUT2D eigenvalue weighted by molar-refractivity contribution is 5.91. The van der Waals surface area contributed by atoms with Crippen molar-refractivity contribution in [3.05, 3.63) is 12.4 Å². The molecule has 1 aliphatic heterocycles. The lowest BCUT2D eigenvalue weighted by Gasteiger charge is -2.16. The van der Waals surface area contributed by atoms with E-state index in [2.05, 4.69) is 25.8 Å². The number of nitrogens with one attached hydrogen (secondary N) is 2. The van der Waals surface area contributed by atoms with E-state index in [9.17, 15) is 4.79 Å². The van der Waals surface area contributed by atoms with Crippen LogP contribution in [0, 0.1) is 5.92 Å². The number of likely N-dealkylation sites (N-methyl/N-ethyl adjacent to an activating group) is 1. The van der Waals surface area contributed by atoms with Crippen LogP contribution in [0.5, 0.6) is 0 Å². The first-order valence-electron chi connectivity index (χ1n) is 5.57. The smallest absolute Gasteiger partial charge is 0.249 e. The molecule has 2 atom stereocenters. The average molecular weight is 237 g/mol. The maximum Gasteiger partial charge on any atom is 0.249 e. The van der Waals surface area contributed by atoms with E-state index in [-0.39, 0.29) is 23.8 Å². The van der Waals surface area contributed by atoms with Gasteiger partial charge in [0.15, 0.2) is 0 Å². The number of carbonyl (C=O) groups excluding carboxylic acids is 1. The van der Waals surface area contributed by atoms with Gasteiger partial charge >= 0.3 is 0 Å². The van der Waals surface area contributed by atoms with Crippen LogP contribution in [0.3, 0.4) is 0 Å². The summed E-state index contributed by atoms with van der Waals surface area (Å²) in [6.45, 7) is 3.78. The van der Waals surface area contributed by atoms with Crippen LogP contribution < -0.4 is 10.6 Å². The maximum atomic E-state index is 12.0. The molecule has 1 saturated heterocycles. The largest absolute Gasteiger partial charge is 0.379 e. The average Bonchev–Trinajstić information content (AvgIpc) is 2.79. The summed E-state index contributed by atoms with van der Waals surface area (Å²) in [7, 11) is 0. The van der Waals surface area contributed by atoms with Gasteiger partial charge in [-0.05, 0) is 6.54 Å². The molecule has 17 heavy (non-hydrogen) atoms. The van der Waals surface area contributed by atoms with E-state index in [1.807, 2.05) is 6.92 Å². The van der Waals surface area contributed by atoms with Crippen LogP contribution in [0.4, 0.5) is 5.95 Å².